The van der Waals surface area contributed by atoms with E-state index in [2.05, 4.69) is 10.6 Å². The second kappa shape index (κ2) is 6.94. The van der Waals surface area contributed by atoms with Crippen molar-refractivity contribution in [3.63, 3.8) is 0 Å². The summed E-state index contributed by atoms with van der Waals surface area (Å²) in [6.45, 7) is 3.82. The summed E-state index contributed by atoms with van der Waals surface area (Å²) < 4.78 is 0. The molecule has 0 bridgehead atoms. The Morgan fingerprint density at radius 3 is 2.67 bits per heavy atom. The molecule has 1 amide bonds. The molecule has 2 rings (SSSR count). The predicted octanol–water partition coefficient (Wildman–Crippen LogP) is 3.50. The standard InChI is InChI=1S/C17H27N3O/c1-3-11-17(2,18)16(21)20-15-10-6-9-14(12-15)19-13-7-4-5-8-13/h6,9-10,12-13,19H,3-5,7-8,11,18H2,1-2H3,(H,20,21). The smallest absolute Gasteiger partial charge is 0.244 e. The number of carbonyl (C=O) groups excluding carboxylic acids is 1. The third kappa shape index (κ3) is 4.46. The van der Waals surface area contributed by atoms with Gasteiger partial charge in [0.25, 0.3) is 0 Å². The highest BCUT2D eigenvalue weighted by molar-refractivity contribution is 5.97. The Balaban J connectivity index is 1.98. The molecule has 0 aliphatic heterocycles. The highest BCUT2D eigenvalue weighted by Gasteiger charge is 2.27. The number of hydrogen-bond donors (Lipinski definition) is 3. The third-order valence-corrected chi connectivity index (χ3v) is 4.13. The second-order valence-electron chi connectivity index (χ2n) is 6.33. The summed E-state index contributed by atoms with van der Waals surface area (Å²) in [4.78, 5) is 12.2. The Morgan fingerprint density at radius 1 is 1.33 bits per heavy atom. The quantitative estimate of drug-likeness (QED) is 0.751. The van der Waals surface area contributed by atoms with Gasteiger partial charge in [-0.15, -0.1) is 0 Å². The van der Waals surface area contributed by atoms with E-state index in [1.165, 1.54) is 25.7 Å². The van der Waals surface area contributed by atoms with E-state index in [0.29, 0.717) is 12.5 Å². The number of carbonyl (C=O) groups is 1. The topological polar surface area (TPSA) is 67.2 Å². The number of rotatable bonds is 6. The van der Waals surface area contributed by atoms with Gasteiger partial charge in [0.05, 0.1) is 5.54 Å². The lowest BCUT2D eigenvalue weighted by atomic mass is 9.96. The van der Waals surface area contributed by atoms with Crippen molar-refractivity contribution in [1.29, 1.82) is 0 Å². The van der Waals surface area contributed by atoms with Crippen LogP contribution in [0, 0.1) is 0 Å². The Morgan fingerprint density at radius 2 is 2.00 bits per heavy atom. The lowest BCUT2D eigenvalue weighted by Gasteiger charge is -2.23. The average Bonchev–Trinajstić information content (AvgIpc) is 2.92. The number of anilines is 2. The largest absolute Gasteiger partial charge is 0.382 e. The maximum Gasteiger partial charge on any atom is 0.244 e. The van der Waals surface area contributed by atoms with Crippen LogP contribution in [0.25, 0.3) is 0 Å². The molecule has 0 spiro atoms. The van der Waals surface area contributed by atoms with Crippen molar-refractivity contribution in [2.45, 2.75) is 64.0 Å². The zero-order valence-electron chi connectivity index (χ0n) is 13.1. The molecule has 1 aromatic rings. The first-order chi connectivity index (χ1) is 10.0. The summed E-state index contributed by atoms with van der Waals surface area (Å²) in [7, 11) is 0. The van der Waals surface area contributed by atoms with Gasteiger partial charge in [0.15, 0.2) is 0 Å². The van der Waals surface area contributed by atoms with Crippen LogP contribution < -0.4 is 16.4 Å². The van der Waals surface area contributed by atoms with Crippen molar-refractivity contribution < 1.29 is 4.79 Å². The van der Waals surface area contributed by atoms with Crippen LogP contribution in [-0.2, 0) is 4.79 Å². The number of nitrogens with two attached hydrogens (primary N) is 1. The zero-order valence-corrected chi connectivity index (χ0v) is 13.1. The Hall–Kier alpha value is -1.55. The lowest BCUT2D eigenvalue weighted by Crippen LogP contribution is -2.48. The minimum atomic E-state index is -0.816. The molecule has 1 atom stereocenters. The lowest BCUT2D eigenvalue weighted by molar-refractivity contribution is -0.120. The summed E-state index contributed by atoms with van der Waals surface area (Å²) in [6.07, 6.45) is 6.64. The molecule has 1 aliphatic rings. The van der Waals surface area contributed by atoms with Crippen molar-refractivity contribution >= 4 is 17.3 Å². The SMILES string of the molecule is CCCC(C)(N)C(=O)Nc1cccc(NC2CCCC2)c1. The molecular formula is C17H27N3O. The molecule has 1 aliphatic carbocycles. The van der Waals surface area contributed by atoms with Crippen molar-refractivity contribution in [3.05, 3.63) is 24.3 Å². The van der Waals surface area contributed by atoms with Crippen molar-refractivity contribution in [2.75, 3.05) is 10.6 Å². The minimum Gasteiger partial charge on any atom is -0.382 e. The Kier molecular flexibility index (Phi) is 5.23. The summed E-state index contributed by atoms with van der Waals surface area (Å²) in [5, 5.41) is 6.46. The highest BCUT2D eigenvalue weighted by Crippen LogP contribution is 2.24. The fourth-order valence-electron chi connectivity index (χ4n) is 2.90. The van der Waals surface area contributed by atoms with Gasteiger partial charge in [0.1, 0.15) is 0 Å². The normalized spacial score (nSPS) is 18.2. The van der Waals surface area contributed by atoms with Gasteiger partial charge < -0.3 is 16.4 Å². The summed E-state index contributed by atoms with van der Waals surface area (Å²) in [5.41, 5.74) is 7.11. The molecule has 0 saturated heterocycles. The molecule has 4 N–H and O–H groups in total. The summed E-state index contributed by atoms with van der Waals surface area (Å²) in [5.74, 6) is -0.123. The van der Waals surface area contributed by atoms with Gasteiger partial charge in [0, 0.05) is 17.4 Å². The van der Waals surface area contributed by atoms with Crippen LogP contribution in [-0.4, -0.2) is 17.5 Å². The number of amides is 1. The molecule has 0 heterocycles. The van der Waals surface area contributed by atoms with Crippen molar-refractivity contribution in [3.8, 4) is 0 Å². The molecular weight excluding hydrogens is 262 g/mol. The first-order valence-corrected chi connectivity index (χ1v) is 7.98. The van der Waals surface area contributed by atoms with Gasteiger partial charge in [-0.05, 0) is 44.4 Å². The fraction of sp³-hybridized carbons (Fsp3) is 0.588. The molecule has 0 radical (unpaired) electrons. The van der Waals surface area contributed by atoms with Gasteiger partial charge in [-0.2, -0.15) is 0 Å². The third-order valence-electron chi connectivity index (χ3n) is 4.13. The van der Waals surface area contributed by atoms with Crippen LogP contribution in [0.5, 0.6) is 0 Å². The Labute approximate surface area is 127 Å². The summed E-state index contributed by atoms with van der Waals surface area (Å²) in [6, 6.07) is 8.45. The van der Waals surface area contributed by atoms with E-state index in [-0.39, 0.29) is 5.91 Å². The second-order valence-corrected chi connectivity index (χ2v) is 6.33. The maximum absolute atomic E-state index is 12.2. The number of nitrogens with one attached hydrogen (secondary N) is 2. The van der Waals surface area contributed by atoms with E-state index >= 15 is 0 Å². The van der Waals surface area contributed by atoms with Crippen LogP contribution in [0.3, 0.4) is 0 Å². The molecule has 1 fully saturated rings. The predicted molar refractivity (Wildman–Crippen MR) is 88.5 cm³/mol. The van der Waals surface area contributed by atoms with Gasteiger partial charge in [-0.3, -0.25) is 4.79 Å². The van der Waals surface area contributed by atoms with Gasteiger partial charge in [-0.25, -0.2) is 0 Å². The van der Waals surface area contributed by atoms with Crippen LogP contribution in [0.4, 0.5) is 11.4 Å². The van der Waals surface area contributed by atoms with E-state index in [1.807, 2.05) is 31.2 Å². The van der Waals surface area contributed by atoms with E-state index in [0.717, 1.165) is 17.8 Å². The van der Waals surface area contributed by atoms with E-state index in [4.69, 9.17) is 5.73 Å². The number of hydrogen-bond acceptors (Lipinski definition) is 3. The molecule has 4 heteroatoms. The van der Waals surface area contributed by atoms with E-state index in [1.54, 1.807) is 6.92 Å². The highest BCUT2D eigenvalue weighted by atomic mass is 16.2. The van der Waals surface area contributed by atoms with Gasteiger partial charge >= 0.3 is 0 Å². The first kappa shape index (κ1) is 15.8. The van der Waals surface area contributed by atoms with Crippen LogP contribution in [0.15, 0.2) is 24.3 Å². The molecule has 4 nitrogen and oxygen atoms in total. The molecule has 21 heavy (non-hydrogen) atoms. The molecule has 1 unspecified atom stereocenters. The summed E-state index contributed by atoms with van der Waals surface area (Å²) >= 11 is 0. The maximum atomic E-state index is 12.2. The van der Waals surface area contributed by atoms with Gasteiger partial charge in [0.2, 0.25) is 5.91 Å². The first-order valence-electron chi connectivity index (χ1n) is 7.98. The van der Waals surface area contributed by atoms with Crippen molar-refractivity contribution in [2.24, 2.45) is 5.73 Å². The average molecular weight is 289 g/mol. The van der Waals surface area contributed by atoms with Crippen LogP contribution in [0.2, 0.25) is 0 Å². The minimum absolute atomic E-state index is 0.123. The van der Waals surface area contributed by atoms with Crippen LogP contribution in [0.1, 0.15) is 52.4 Å². The monoisotopic (exact) mass is 289 g/mol. The molecule has 0 aromatic heterocycles. The van der Waals surface area contributed by atoms with Crippen LogP contribution >= 0.6 is 0 Å². The van der Waals surface area contributed by atoms with Gasteiger partial charge in [-0.1, -0.05) is 32.3 Å². The number of benzene rings is 1. The van der Waals surface area contributed by atoms with E-state index < -0.39 is 5.54 Å². The Bertz CT molecular complexity index is 479. The van der Waals surface area contributed by atoms with Crippen molar-refractivity contribution in [1.82, 2.24) is 0 Å². The fourth-order valence-corrected chi connectivity index (χ4v) is 2.90. The zero-order chi connectivity index (χ0) is 15.3. The van der Waals surface area contributed by atoms with E-state index in [9.17, 15) is 4.79 Å². The molecule has 1 saturated carbocycles. The molecule has 116 valence electrons. The molecule has 1 aromatic carbocycles.